The third kappa shape index (κ3) is 4.39. The van der Waals surface area contributed by atoms with Crippen LogP contribution in [0.1, 0.15) is 47.8 Å². The van der Waals surface area contributed by atoms with Gasteiger partial charge in [-0.3, -0.25) is 9.48 Å². The second-order valence-electron chi connectivity index (χ2n) is 10.1. The van der Waals surface area contributed by atoms with E-state index >= 15 is 0 Å². The summed E-state index contributed by atoms with van der Waals surface area (Å²) in [5.41, 5.74) is 8.63. The number of carbonyl (C=O) groups excluding carboxylic acids is 1. The van der Waals surface area contributed by atoms with E-state index in [0.29, 0.717) is 12.1 Å². The van der Waals surface area contributed by atoms with Crippen molar-refractivity contribution in [2.24, 2.45) is 7.05 Å². The Morgan fingerprint density at radius 3 is 2.49 bits per heavy atom. The number of aromatic nitrogens is 5. The second-order valence-corrected chi connectivity index (χ2v) is 10.1. The van der Waals surface area contributed by atoms with E-state index in [1.807, 2.05) is 43.6 Å². The van der Waals surface area contributed by atoms with Crippen molar-refractivity contribution < 1.29 is 4.79 Å². The van der Waals surface area contributed by atoms with Gasteiger partial charge in [-0.25, -0.2) is 9.97 Å². The van der Waals surface area contributed by atoms with Gasteiger partial charge in [-0.05, 0) is 40.7 Å². The van der Waals surface area contributed by atoms with E-state index in [0.717, 1.165) is 44.7 Å². The van der Waals surface area contributed by atoms with Gasteiger partial charge in [0.1, 0.15) is 5.82 Å². The highest BCUT2D eigenvalue weighted by Crippen LogP contribution is 2.32. The normalized spacial score (nSPS) is 11.8. The van der Waals surface area contributed by atoms with E-state index in [-0.39, 0.29) is 11.2 Å². The molecule has 0 atom stereocenters. The maximum Gasteiger partial charge on any atom is 0.178 e. The first kappa shape index (κ1) is 22.7. The number of pyridine rings is 1. The summed E-state index contributed by atoms with van der Waals surface area (Å²) in [4.78, 5) is 25.7. The number of hydrogen-bond acceptors (Lipinski definition) is 4. The van der Waals surface area contributed by atoms with Crippen molar-refractivity contribution in [2.75, 3.05) is 0 Å². The highest BCUT2D eigenvalue weighted by atomic mass is 16.1. The SMILES string of the molecule is Cc1c(CC(=O)c2ccc(C(C)(C)C)cc2)cccc1-c1ccnc2nc(-c3cnn(C)c3)[nH]c12. The summed E-state index contributed by atoms with van der Waals surface area (Å²) in [6, 6.07) is 16.1. The van der Waals surface area contributed by atoms with Crippen molar-refractivity contribution in [1.29, 1.82) is 0 Å². The molecule has 0 saturated heterocycles. The third-order valence-corrected chi connectivity index (χ3v) is 6.53. The first-order valence-corrected chi connectivity index (χ1v) is 11.8. The smallest absolute Gasteiger partial charge is 0.178 e. The highest BCUT2D eigenvalue weighted by molar-refractivity contribution is 5.98. The van der Waals surface area contributed by atoms with Gasteiger partial charge in [-0.2, -0.15) is 5.10 Å². The Morgan fingerprint density at radius 2 is 1.80 bits per heavy atom. The molecule has 0 unspecified atom stereocenters. The van der Waals surface area contributed by atoms with E-state index in [1.54, 1.807) is 17.1 Å². The summed E-state index contributed by atoms with van der Waals surface area (Å²) in [5, 5.41) is 4.24. The average molecular weight is 464 g/mol. The minimum Gasteiger partial charge on any atom is -0.336 e. The highest BCUT2D eigenvalue weighted by Gasteiger charge is 2.17. The Kier molecular flexibility index (Phi) is 5.59. The zero-order chi connectivity index (χ0) is 24.7. The standard InChI is InChI=1S/C29H29N5O/c1-18-20(15-25(35)19-9-11-22(12-10-19)29(2,3)4)7-6-8-23(18)24-13-14-30-28-26(24)32-27(33-28)21-16-31-34(5)17-21/h6-14,16-17H,15H2,1-5H3,(H,30,32,33). The number of H-pyrrole nitrogens is 1. The van der Waals surface area contributed by atoms with Crippen LogP contribution in [0.15, 0.2) is 67.1 Å². The van der Waals surface area contributed by atoms with Crippen molar-refractivity contribution in [3.63, 3.8) is 0 Å². The van der Waals surface area contributed by atoms with E-state index < -0.39 is 0 Å². The fourth-order valence-corrected chi connectivity index (χ4v) is 4.41. The summed E-state index contributed by atoms with van der Waals surface area (Å²) >= 11 is 0. The molecule has 3 aromatic heterocycles. The van der Waals surface area contributed by atoms with E-state index in [1.165, 1.54) is 5.56 Å². The predicted octanol–water partition coefficient (Wildman–Crippen LogP) is 6.06. The lowest BCUT2D eigenvalue weighted by molar-refractivity contribution is 0.0992. The van der Waals surface area contributed by atoms with Crippen LogP contribution in [0, 0.1) is 6.92 Å². The molecular weight excluding hydrogens is 434 g/mol. The second kappa shape index (κ2) is 8.62. The van der Waals surface area contributed by atoms with Crippen molar-refractivity contribution in [3.05, 3.63) is 89.4 Å². The zero-order valence-electron chi connectivity index (χ0n) is 20.8. The molecule has 0 fully saturated rings. The van der Waals surface area contributed by atoms with Crippen LogP contribution in [0.3, 0.4) is 0 Å². The van der Waals surface area contributed by atoms with Gasteiger partial charge in [0.05, 0.1) is 17.3 Å². The molecule has 176 valence electrons. The lowest BCUT2D eigenvalue weighted by Crippen LogP contribution is -2.12. The van der Waals surface area contributed by atoms with Gasteiger partial charge in [0.25, 0.3) is 0 Å². The van der Waals surface area contributed by atoms with Crippen LogP contribution in [-0.2, 0) is 18.9 Å². The van der Waals surface area contributed by atoms with Gasteiger partial charge >= 0.3 is 0 Å². The lowest BCUT2D eigenvalue weighted by atomic mass is 9.86. The Balaban J connectivity index is 1.47. The largest absolute Gasteiger partial charge is 0.336 e. The topological polar surface area (TPSA) is 76.5 Å². The van der Waals surface area contributed by atoms with Crippen LogP contribution in [0.2, 0.25) is 0 Å². The fraction of sp³-hybridized carbons (Fsp3) is 0.241. The van der Waals surface area contributed by atoms with Crippen molar-refractivity contribution in [1.82, 2.24) is 24.7 Å². The molecule has 0 aliphatic carbocycles. The molecule has 5 rings (SSSR count). The number of imidazole rings is 1. The van der Waals surface area contributed by atoms with Gasteiger partial charge in [0.2, 0.25) is 0 Å². The average Bonchev–Trinajstić information content (AvgIpc) is 3.46. The monoisotopic (exact) mass is 463 g/mol. The molecule has 0 amide bonds. The van der Waals surface area contributed by atoms with E-state index in [9.17, 15) is 4.79 Å². The van der Waals surface area contributed by atoms with Crippen LogP contribution in [0.4, 0.5) is 0 Å². The number of rotatable bonds is 5. The maximum absolute atomic E-state index is 13.1. The molecule has 3 heterocycles. The van der Waals surface area contributed by atoms with Crippen LogP contribution >= 0.6 is 0 Å². The lowest BCUT2D eigenvalue weighted by Gasteiger charge is -2.19. The molecular formula is C29H29N5O. The number of nitrogens with one attached hydrogen (secondary N) is 1. The summed E-state index contributed by atoms with van der Waals surface area (Å²) in [5.74, 6) is 0.849. The van der Waals surface area contributed by atoms with Crippen LogP contribution in [0.5, 0.6) is 0 Å². The van der Waals surface area contributed by atoms with Gasteiger partial charge in [-0.15, -0.1) is 0 Å². The minimum atomic E-state index is 0.0614. The number of aromatic amines is 1. The number of carbonyl (C=O) groups is 1. The third-order valence-electron chi connectivity index (χ3n) is 6.53. The molecule has 0 aliphatic rings. The number of hydrogen-bond donors (Lipinski definition) is 1. The summed E-state index contributed by atoms with van der Waals surface area (Å²) in [6.45, 7) is 8.60. The van der Waals surface area contributed by atoms with Gasteiger partial charge in [0, 0.05) is 37.0 Å². The molecule has 6 nitrogen and oxygen atoms in total. The molecule has 5 aromatic rings. The maximum atomic E-state index is 13.1. The molecule has 0 radical (unpaired) electrons. The van der Waals surface area contributed by atoms with Gasteiger partial charge in [0.15, 0.2) is 11.4 Å². The number of ketones is 1. The predicted molar refractivity (Wildman–Crippen MR) is 139 cm³/mol. The minimum absolute atomic E-state index is 0.0614. The number of Topliss-reactive ketones (excluding diaryl/α,β-unsaturated/α-hetero) is 1. The molecule has 0 bridgehead atoms. The van der Waals surface area contributed by atoms with Crippen LogP contribution in [0.25, 0.3) is 33.7 Å². The molecule has 6 heteroatoms. The molecule has 1 N–H and O–H groups in total. The first-order valence-electron chi connectivity index (χ1n) is 11.8. The van der Waals surface area contributed by atoms with E-state index in [4.69, 9.17) is 0 Å². The summed E-state index contributed by atoms with van der Waals surface area (Å²) < 4.78 is 1.75. The van der Waals surface area contributed by atoms with Crippen LogP contribution < -0.4 is 0 Å². The van der Waals surface area contributed by atoms with E-state index in [2.05, 4.69) is 65.9 Å². The summed E-state index contributed by atoms with van der Waals surface area (Å²) in [7, 11) is 1.88. The Labute approximate surface area is 205 Å². The zero-order valence-corrected chi connectivity index (χ0v) is 20.8. The fourth-order valence-electron chi connectivity index (χ4n) is 4.41. The Hall–Kier alpha value is -4.06. The quantitative estimate of drug-likeness (QED) is 0.322. The van der Waals surface area contributed by atoms with Crippen LogP contribution in [-0.4, -0.2) is 30.5 Å². The van der Waals surface area contributed by atoms with Gasteiger partial charge in [-0.1, -0.05) is 63.2 Å². The van der Waals surface area contributed by atoms with Crippen molar-refractivity contribution in [2.45, 2.75) is 39.5 Å². The Morgan fingerprint density at radius 1 is 1.03 bits per heavy atom. The number of benzene rings is 2. The molecule has 2 aromatic carbocycles. The molecule has 0 spiro atoms. The number of aryl methyl sites for hydroxylation is 1. The van der Waals surface area contributed by atoms with Crippen molar-refractivity contribution >= 4 is 16.9 Å². The molecule has 0 saturated carbocycles. The number of nitrogens with zero attached hydrogens (tertiary/aromatic N) is 4. The van der Waals surface area contributed by atoms with Gasteiger partial charge < -0.3 is 4.98 Å². The first-order chi connectivity index (χ1) is 16.7. The molecule has 0 aliphatic heterocycles. The number of fused-ring (bicyclic) bond motifs is 1. The molecule has 35 heavy (non-hydrogen) atoms. The van der Waals surface area contributed by atoms with Crippen molar-refractivity contribution in [3.8, 4) is 22.5 Å². The Bertz CT molecular complexity index is 1530. The summed E-state index contributed by atoms with van der Waals surface area (Å²) in [6.07, 6.45) is 5.83.